The van der Waals surface area contributed by atoms with Crippen LogP contribution < -0.4 is 5.32 Å². The average molecular weight is 280 g/mol. The van der Waals surface area contributed by atoms with Crippen molar-refractivity contribution in [3.05, 3.63) is 24.0 Å². The van der Waals surface area contributed by atoms with E-state index in [1.807, 2.05) is 0 Å². The largest absolute Gasteiger partial charge is 0.481 e. The summed E-state index contributed by atoms with van der Waals surface area (Å²) in [6, 6.07) is 3.49. The predicted molar refractivity (Wildman–Crippen MR) is 72.4 cm³/mol. The van der Waals surface area contributed by atoms with Crippen molar-refractivity contribution in [2.75, 3.05) is 19.8 Å². The van der Waals surface area contributed by atoms with Crippen molar-refractivity contribution in [3.8, 4) is 0 Å². The zero-order valence-corrected chi connectivity index (χ0v) is 11.5. The number of aryl methyl sites for hydroxylation is 1. The minimum absolute atomic E-state index is 0.0648. The highest BCUT2D eigenvalue weighted by Crippen LogP contribution is 2.23. The summed E-state index contributed by atoms with van der Waals surface area (Å²) >= 11 is 0. The number of amides is 1. The van der Waals surface area contributed by atoms with Gasteiger partial charge in [-0.3, -0.25) is 9.59 Å². The maximum atomic E-state index is 12.0. The van der Waals surface area contributed by atoms with Gasteiger partial charge >= 0.3 is 5.97 Å². The Morgan fingerprint density at radius 3 is 2.75 bits per heavy atom. The van der Waals surface area contributed by atoms with E-state index in [1.165, 1.54) is 0 Å². The highest BCUT2D eigenvalue weighted by atomic mass is 16.5. The van der Waals surface area contributed by atoms with E-state index in [9.17, 15) is 14.7 Å². The topological polar surface area (TPSA) is 80.6 Å². The SMILES string of the molecule is Cn1cccc1C(=O)NCC(C(=O)O)C1CCOCC1. The summed E-state index contributed by atoms with van der Waals surface area (Å²) in [6.45, 7) is 1.35. The van der Waals surface area contributed by atoms with Crippen LogP contribution in [-0.2, 0) is 16.6 Å². The van der Waals surface area contributed by atoms with E-state index in [0.717, 1.165) is 12.8 Å². The maximum Gasteiger partial charge on any atom is 0.308 e. The normalized spacial score (nSPS) is 17.6. The smallest absolute Gasteiger partial charge is 0.308 e. The number of ether oxygens (including phenoxy) is 1. The second kappa shape index (κ2) is 6.56. The number of hydrogen-bond acceptors (Lipinski definition) is 3. The quantitative estimate of drug-likeness (QED) is 0.839. The van der Waals surface area contributed by atoms with Crippen LogP contribution in [0.2, 0.25) is 0 Å². The first-order valence-electron chi connectivity index (χ1n) is 6.79. The third-order valence-corrected chi connectivity index (χ3v) is 3.81. The second-order valence-corrected chi connectivity index (χ2v) is 5.11. The van der Waals surface area contributed by atoms with Crippen molar-refractivity contribution in [2.24, 2.45) is 18.9 Å². The Labute approximate surface area is 117 Å². The van der Waals surface area contributed by atoms with Crippen LogP contribution in [0.4, 0.5) is 0 Å². The monoisotopic (exact) mass is 280 g/mol. The summed E-state index contributed by atoms with van der Waals surface area (Å²) in [7, 11) is 1.78. The van der Waals surface area contributed by atoms with E-state index in [1.54, 1.807) is 29.9 Å². The maximum absolute atomic E-state index is 12.0. The molecule has 0 aromatic carbocycles. The molecule has 2 heterocycles. The van der Waals surface area contributed by atoms with Crippen molar-refractivity contribution < 1.29 is 19.4 Å². The van der Waals surface area contributed by atoms with Crippen LogP contribution >= 0.6 is 0 Å². The second-order valence-electron chi connectivity index (χ2n) is 5.11. The molecule has 20 heavy (non-hydrogen) atoms. The van der Waals surface area contributed by atoms with Gasteiger partial charge in [0, 0.05) is 33.0 Å². The van der Waals surface area contributed by atoms with Crippen LogP contribution in [0, 0.1) is 11.8 Å². The van der Waals surface area contributed by atoms with Crippen LogP contribution in [0.1, 0.15) is 23.3 Å². The number of nitrogens with zero attached hydrogens (tertiary/aromatic N) is 1. The van der Waals surface area contributed by atoms with Crippen molar-refractivity contribution in [1.29, 1.82) is 0 Å². The van der Waals surface area contributed by atoms with Gasteiger partial charge in [-0.25, -0.2) is 0 Å². The van der Waals surface area contributed by atoms with Crippen LogP contribution in [-0.4, -0.2) is 41.3 Å². The Morgan fingerprint density at radius 2 is 2.20 bits per heavy atom. The molecule has 1 saturated heterocycles. The molecule has 0 radical (unpaired) electrons. The third-order valence-electron chi connectivity index (χ3n) is 3.81. The lowest BCUT2D eigenvalue weighted by Gasteiger charge is -2.27. The van der Waals surface area contributed by atoms with E-state index in [0.29, 0.717) is 18.9 Å². The van der Waals surface area contributed by atoms with Crippen LogP contribution in [0.5, 0.6) is 0 Å². The van der Waals surface area contributed by atoms with E-state index in [-0.39, 0.29) is 18.4 Å². The zero-order valence-electron chi connectivity index (χ0n) is 11.5. The molecule has 1 aromatic heterocycles. The van der Waals surface area contributed by atoms with E-state index in [4.69, 9.17) is 4.74 Å². The lowest BCUT2D eigenvalue weighted by Crippen LogP contribution is -2.39. The number of aromatic nitrogens is 1. The third kappa shape index (κ3) is 3.39. The fraction of sp³-hybridized carbons (Fsp3) is 0.571. The van der Waals surface area contributed by atoms with Gasteiger partial charge in [-0.05, 0) is 30.9 Å². The summed E-state index contributed by atoms with van der Waals surface area (Å²) in [6.07, 6.45) is 3.25. The lowest BCUT2D eigenvalue weighted by atomic mass is 9.86. The number of carbonyl (C=O) groups excluding carboxylic acids is 1. The summed E-state index contributed by atoms with van der Waals surface area (Å²) in [5.74, 6) is -1.59. The van der Waals surface area contributed by atoms with Gasteiger partial charge in [0.05, 0.1) is 5.92 Å². The van der Waals surface area contributed by atoms with Crippen molar-refractivity contribution in [1.82, 2.24) is 9.88 Å². The van der Waals surface area contributed by atoms with Gasteiger partial charge in [-0.15, -0.1) is 0 Å². The average Bonchev–Trinajstić information content (AvgIpc) is 2.86. The summed E-state index contributed by atoms with van der Waals surface area (Å²) in [5.41, 5.74) is 0.529. The lowest BCUT2D eigenvalue weighted by molar-refractivity contribution is -0.144. The number of carboxylic acid groups (broad SMARTS) is 1. The van der Waals surface area contributed by atoms with Gasteiger partial charge in [0.25, 0.3) is 5.91 Å². The molecule has 0 bridgehead atoms. The standard InChI is InChI=1S/C14H20N2O4/c1-16-6-2-3-12(16)13(17)15-9-11(14(18)19)10-4-7-20-8-5-10/h2-3,6,10-11H,4-5,7-9H2,1H3,(H,15,17)(H,18,19). The Morgan fingerprint density at radius 1 is 1.50 bits per heavy atom. The Hall–Kier alpha value is -1.82. The summed E-state index contributed by atoms with van der Waals surface area (Å²) in [5, 5.41) is 12.0. The molecule has 6 nitrogen and oxygen atoms in total. The first-order valence-corrected chi connectivity index (χ1v) is 6.79. The summed E-state index contributed by atoms with van der Waals surface area (Å²) in [4.78, 5) is 23.4. The number of carboxylic acids is 1. The number of carbonyl (C=O) groups is 2. The number of hydrogen-bond donors (Lipinski definition) is 2. The van der Waals surface area contributed by atoms with Gasteiger partial charge in [0.2, 0.25) is 0 Å². The highest BCUT2D eigenvalue weighted by Gasteiger charge is 2.30. The van der Waals surface area contributed by atoms with Crippen molar-refractivity contribution in [3.63, 3.8) is 0 Å². The van der Waals surface area contributed by atoms with Crippen LogP contribution in [0.25, 0.3) is 0 Å². The fourth-order valence-corrected chi connectivity index (χ4v) is 2.56. The molecule has 0 spiro atoms. The van der Waals surface area contributed by atoms with Crippen molar-refractivity contribution in [2.45, 2.75) is 12.8 Å². The number of nitrogens with one attached hydrogen (secondary N) is 1. The molecule has 1 amide bonds. The minimum atomic E-state index is -0.857. The molecule has 1 aromatic rings. The van der Waals surface area contributed by atoms with Gasteiger partial charge in [0.1, 0.15) is 5.69 Å². The minimum Gasteiger partial charge on any atom is -0.481 e. The molecule has 1 atom stereocenters. The molecule has 0 aliphatic carbocycles. The van der Waals surface area contributed by atoms with Gasteiger partial charge in [-0.1, -0.05) is 0 Å². The van der Waals surface area contributed by atoms with Crippen LogP contribution in [0.15, 0.2) is 18.3 Å². The molecule has 110 valence electrons. The Kier molecular flexibility index (Phi) is 4.79. The molecule has 1 aliphatic heterocycles. The Bertz CT molecular complexity index is 477. The first-order chi connectivity index (χ1) is 9.59. The molecule has 0 saturated carbocycles. The molecule has 1 aliphatic rings. The van der Waals surface area contributed by atoms with E-state index >= 15 is 0 Å². The van der Waals surface area contributed by atoms with E-state index < -0.39 is 11.9 Å². The first kappa shape index (κ1) is 14.6. The molecule has 1 unspecified atom stereocenters. The van der Waals surface area contributed by atoms with Crippen molar-refractivity contribution >= 4 is 11.9 Å². The van der Waals surface area contributed by atoms with Gasteiger partial charge in [0.15, 0.2) is 0 Å². The predicted octanol–water partition coefficient (Wildman–Crippen LogP) is 0.882. The van der Waals surface area contributed by atoms with Gasteiger partial charge in [-0.2, -0.15) is 0 Å². The number of aliphatic carboxylic acids is 1. The van der Waals surface area contributed by atoms with Crippen LogP contribution in [0.3, 0.4) is 0 Å². The van der Waals surface area contributed by atoms with E-state index in [2.05, 4.69) is 5.32 Å². The number of rotatable bonds is 5. The molecule has 2 rings (SSSR count). The van der Waals surface area contributed by atoms with Gasteiger partial charge < -0.3 is 19.7 Å². The zero-order chi connectivity index (χ0) is 14.5. The molecular weight excluding hydrogens is 260 g/mol. The Balaban J connectivity index is 1.93. The molecule has 6 heteroatoms. The molecule has 2 N–H and O–H groups in total. The summed E-state index contributed by atoms with van der Waals surface area (Å²) < 4.78 is 6.95. The fourth-order valence-electron chi connectivity index (χ4n) is 2.56. The molecule has 1 fully saturated rings. The highest BCUT2D eigenvalue weighted by molar-refractivity contribution is 5.92. The molecular formula is C14H20N2O4.